The van der Waals surface area contributed by atoms with Gasteiger partial charge in [-0.15, -0.1) is 0 Å². The molecule has 0 aliphatic carbocycles. The summed E-state index contributed by atoms with van der Waals surface area (Å²) >= 11 is 0. The third-order valence-corrected chi connectivity index (χ3v) is 4.54. The Morgan fingerprint density at radius 1 is 1.08 bits per heavy atom. The van der Waals surface area contributed by atoms with Crippen molar-refractivity contribution in [3.05, 3.63) is 24.3 Å². The van der Waals surface area contributed by atoms with E-state index < -0.39 is 0 Å². The van der Waals surface area contributed by atoms with Crippen LogP contribution < -0.4 is 15.0 Å². The summed E-state index contributed by atoms with van der Waals surface area (Å²) in [5.74, 6) is 1.14. The molecule has 1 aliphatic heterocycles. The number of nitrogens with one attached hydrogen (secondary N) is 1. The fourth-order valence-electron chi connectivity index (χ4n) is 2.99. The Balaban J connectivity index is 1.67. The van der Waals surface area contributed by atoms with E-state index in [9.17, 15) is 4.79 Å². The Labute approximate surface area is 146 Å². The minimum absolute atomic E-state index is 0.271. The van der Waals surface area contributed by atoms with Crippen molar-refractivity contribution in [2.45, 2.75) is 32.6 Å². The number of hydrogen-bond acceptors (Lipinski definition) is 4. The summed E-state index contributed by atoms with van der Waals surface area (Å²) in [6.07, 6.45) is 4.30. The molecule has 24 heavy (non-hydrogen) atoms. The lowest BCUT2D eigenvalue weighted by Crippen LogP contribution is -2.49. The minimum atomic E-state index is 0.271. The monoisotopic (exact) mass is 333 g/mol. The maximum absolute atomic E-state index is 12.3. The molecule has 1 aromatic carbocycles. The van der Waals surface area contributed by atoms with Gasteiger partial charge in [0.2, 0.25) is 5.91 Å². The van der Waals surface area contributed by atoms with Crippen molar-refractivity contribution in [2.75, 3.05) is 51.3 Å². The lowest BCUT2D eigenvalue weighted by molar-refractivity contribution is -0.131. The largest absolute Gasteiger partial charge is 0.497 e. The number of piperazine rings is 1. The molecule has 1 saturated heterocycles. The predicted octanol–water partition coefficient (Wildman–Crippen LogP) is 2.51. The zero-order valence-corrected chi connectivity index (χ0v) is 15.1. The molecule has 5 nitrogen and oxygen atoms in total. The molecule has 0 saturated carbocycles. The summed E-state index contributed by atoms with van der Waals surface area (Å²) in [6.45, 7) is 7.41. The molecule has 1 amide bonds. The molecule has 134 valence electrons. The normalized spacial score (nSPS) is 14.8. The highest BCUT2D eigenvalue weighted by molar-refractivity contribution is 5.76. The molecule has 1 aromatic rings. The number of hydrogen-bond donors (Lipinski definition) is 1. The first-order valence-corrected chi connectivity index (χ1v) is 9.12. The van der Waals surface area contributed by atoms with Crippen LogP contribution in [0.3, 0.4) is 0 Å². The van der Waals surface area contributed by atoms with Crippen molar-refractivity contribution < 1.29 is 9.53 Å². The van der Waals surface area contributed by atoms with Gasteiger partial charge in [0.25, 0.3) is 0 Å². The van der Waals surface area contributed by atoms with Gasteiger partial charge in [0, 0.05) is 44.8 Å². The predicted molar refractivity (Wildman–Crippen MR) is 98.8 cm³/mol. The Kier molecular flexibility index (Phi) is 7.89. The molecule has 1 aliphatic rings. The molecule has 1 fully saturated rings. The molecular weight excluding hydrogens is 302 g/mol. The van der Waals surface area contributed by atoms with Crippen LogP contribution in [0.1, 0.15) is 32.6 Å². The quantitative estimate of drug-likeness (QED) is 0.705. The summed E-state index contributed by atoms with van der Waals surface area (Å²) < 4.78 is 5.20. The molecule has 0 bridgehead atoms. The van der Waals surface area contributed by atoms with Crippen LogP contribution in [-0.2, 0) is 4.79 Å². The molecule has 0 aromatic heterocycles. The lowest BCUT2D eigenvalue weighted by Gasteiger charge is -2.36. The Hall–Kier alpha value is -1.75. The number of ether oxygens (including phenoxy) is 1. The summed E-state index contributed by atoms with van der Waals surface area (Å²) in [7, 11) is 1.68. The first kappa shape index (κ1) is 18.6. The SMILES string of the molecule is CCCCCNCCC(=O)N1CCN(c2ccc(OC)cc2)CC1. The lowest BCUT2D eigenvalue weighted by atomic mass is 10.2. The van der Waals surface area contributed by atoms with Crippen LogP contribution in [0.5, 0.6) is 5.75 Å². The molecule has 2 rings (SSSR count). The molecule has 5 heteroatoms. The summed E-state index contributed by atoms with van der Waals surface area (Å²) in [5.41, 5.74) is 1.19. The van der Waals surface area contributed by atoms with E-state index in [-0.39, 0.29) is 5.91 Å². The third kappa shape index (κ3) is 5.71. The second-order valence-electron chi connectivity index (χ2n) is 6.27. The molecule has 0 unspecified atom stereocenters. The van der Waals surface area contributed by atoms with Gasteiger partial charge in [0.1, 0.15) is 5.75 Å². The number of unbranched alkanes of at least 4 members (excludes halogenated alkanes) is 2. The second-order valence-corrected chi connectivity index (χ2v) is 6.27. The smallest absolute Gasteiger partial charge is 0.223 e. The molecule has 0 atom stereocenters. The highest BCUT2D eigenvalue weighted by atomic mass is 16.5. The van der Waals surface area contributed by atoms with E-state index in [0.717, 1.165) is 45.0 Å². The number of anilines is 1. The molecule has 1 heterocycles. The number of nitrogens with zero attached hydrogens (tertiary/aromatic N) is 2. The van der Waals surface area contributed by atoms with Crippen molar-refractivity contribution >= 4 is 11.6 Å². The van der Waals surface area contributed by atoms with Gasteiger partial charge in [-0.1, -0.05) is 19.8 Å². The first-order chi connectivity index (χ1) is 11.7. The van der Waals surface area contributed by atoms with Gasteiger partial charge in [0.05, 0.1) is 7.11 Å². The number of methoxy groups -OCH3 is 1. The van der Waals surface area contributed by atoms with E-state index in [0.29, 0.717) is 6.42 Å². The van der Waals surface area contributed by atoms with E-state index in [1.54, 1.807) is 7.11 Å². The standard InChI is InChI=1S/C19H31N3O2/c1-3-4-5-11-20-12-10-19(23)22-15-13-21(14-16-22)17-6-8-18(24-2)9-7-17/h6-9,20H,3-5,10-16H2,1-2H3. The van der Waals surface area contributed by atoms with Gasteiger partial charge in [-0.05, 0) is 37.2 Å². The highest BCUT2D eigenvalue weighted by Gasteiger charge is 2.20. The van der Waals surface area contributed by atoms with Crippen LogP contribution in [0.2, 0.25) is 0 Å². The van der Waals surface area contributed by atoms with E-state index in [1.165, 1.54) is 24.9 Å². The summed E-state index contributed by atoms with van der Waals surface area (Å²) in [4.78, 5) is 16.6. The first-order valence-electron chi connectivity index (χ1n) is 9.12. The minimum Gasteiger partial charge on any atom is -0.497 e. The van der Waals surface area contributed by atoms with Crippen molar-refractivity contribution in [3.8, 4) is 5.75 Å². The van der Waals surface area contributed by atoms with Crippen LogP contribution in [0.15, 0.2) is 24.3 Å². The molecule has 1 N–H and O–H groups in total. The second kappa shape index (κ2) is 10.2. The summed E-state index contributed by atoms with van der Waals surface area (Å²) in [6, 6.07) is 8.13. The van der Waals surface area contributed by atoms with Gasteiger partial charge in [-0.3, -0.25) is 4.79 Å². The van der Waals surface area contributed by atoms with Gasteiger partial charge >= 0.3 is 0 Å². The average Bonchev–Trinajstić information content (AvgIpc) is 2.64. The van der Waals surface area contributed by atoms with Crippen LogP contribution >= 0.6 is 0 Å². The van der Waals surface area contributed by atoms with Gasteiger partial charge in [-0.25, -0.2) is 0 Å². The Morgan fingerprint density at radius 3 is 2.42 bits per heavy atom. The number of carbonyl (C=O) groups is 1. The van der Waals surface area contributed by atoms with E-state index in [1.807, 2.05) is 17.0 Å². The van der Waals surface area contributed by atoms with Crippen LogP contribution in [-0.4, -0.2) is 57.2 Å². The number of carbonyl (C=O) groups excluding carboxylic acids is 1. The van der Waals surface area contributed by atoms with Gasteiger partial charge in [0.15, 0.2) is 0 Å². The van der Waals surface area contributed by atoms with Crippen LogP contribution in [0, 0.1) is 0 Å². The van der Waals surface area contributed by atoms with Gasteiger partial charge in [-0.2, -0.15) is 0 Å². The maximum atomic E-state index is 12.3. The Bertz CT molecular complexity index is 482. The van der Waals surface area contributed by atoms with Crippen LogP contribution in [0.4, 0.5) is 5.69 Å². The van der Waals surface area contributed by atoms with E-state index >= 15 is 0 Å². The third-order valence-electron chi connectivity index (χ3n) is 4.54. The van der Waals surface area contributed by atoms with Crippen molar-refractivity contribution in [2.24, 2.45) is 0 Å². The van der Waals surface area contributed by atoms with Crippen molar-refractivity contribution in [1.82, 2.24) is 10.2 Å². The number of amides is 1. The number of rotatable bonds is 9. The number of benzene rings is 1. The fourth-order valence-corrected chi connectivity index (χ4v) is 2.99. The zero-order chi connectivity index (χ0) is 17.2. The van der Waals surface area contributed by atoms with Crippen molar-refractivity contribution in [1.29, 1.82) is 0 Å². The topological polar surface area (TPSA) is 44.8 Å². The van der Waals surface area contributed by atoms with Crippen molar-refractivity contribution in [3.63, 3.8) is 0 Å². The zero-order valence-electron chi connectivity index (χ0n) is 15.1. The Morgan fingerprint density at radius 2 is 1.79 bits per heavy atom. The van der Waals surface area contributed by atoms with E-state index in [4.69, 9.17) is 4.74 Å². The van der Waals surface area contributed by atoms with Crippen LogP contribution in [0.25, 0.3) is 0 Å². The highest BCUT2D eigenvalue weighted by Crippen LogP contribution is 2.20. The molecule has 0 spiro atoms. The molecule has 0 radical (unpaired) electrons. The fraction of sp³-hybridized carbons (Fsp3) is 0.632. The van der Waals surface area contributed by atoms with E-state index in [2.05, 4.69) is 29.3 Å². The molecular formula is C19H31N3O2. The average molecular weight is 333 g/mol. The maximum Gasteiger partial charge on any atom is 0.223 e. The van der Waals surface area contributed by atoms with Gasteiger partial charge < -0.3 is 19.9 Å². The summed E-state index contributed by atoms with van der Waals surface area (Å²) in [5, 5.41) is 3.37.